The number of nitrogens with zero attached hydrogens (tertiary/aromatic N) is 2. The summed E-state index contributed by atoms with van der Waals surface area (Å²) in [6, 6.07) is 10.3. The Hall–Kier alpha value is -2.38. The summed E-state index contributed by atoms with van der Waals surface area (Å²) in [6.45, 7) is 4.93. The molecule has 0 radical (unpaired) electrons. The lowest BCUT2D eigenvalue weighted by Crippen LogP contribution is -2.55. The first kappa shape index (κ1) is 27.6. The van der Waals surface area contributed by atoms with Gasteiger partial charge in [0.1, 0.15) is 0 Å². The fraction of sp³-hybridized carbons (Fsp3) is 0.548. The summed E-state index contributed by atoms with van der Waals surface area (Å²) >= 11 is 0. The zero-order chi connectivity index (χ0) is 27.1. The summed E-state index contributed by atoms with van der Waals surface area (Å²) in [5.41, 5.74) is 22.0. The first-order valence-corrected chi connectivity index (χ1v) is 13.6. The molecule has 0 spiro atoms. The molecule has 202 valence electrons. The average molecular weight is 507 g/mol. The molecule has 37 heavy (non-hydrogen) atoms. The monoisotopic (exact) mass is 506 g/mol. The van der Waals surface area contributed by atoms with Gasteiger partial charge in [0.25, 0.3) is 0 Å². The predicted molar refractivity (Wildman–Crippen MR) is 155 cm³/mol. The smallest absolute Gasteiger partial charge is 0.0901 e. The van der Waals surface area contributed by atoms with Crippen LogP contribution in [0.25, 0.3) is 11.1 Å². The van der Waals surface area contributed by atoms with E-state index in [-0.39, 0.29) is 18.6 Å². The van der Waals surface area contributed by atoms with E-state index in [1.54, 1.807) is 0 Å². The summed E-state index contributed by atoms with van der Waals surface area (Å²) in [5.74, 6) is 0.297. The molecule has 6 N–H and O–H groups in total. The number of likely N-dealkylation sites (N-methyl/N-ethyl adjacent to an activating group) is 1. The third-order valence-electron chi connectivity index (χ3n) is 9.16. The van der Waals surface area contributed by atoms with Crippen LogP contribution in [-0.2, 0) is 12.8 Å². The minimum atomic E-state index is -0.968. The molecule has 0 aromatic heterocycles. The highest BCUT2D eigenvalue weighted by molar-refractivity contribution is 5.78. The van der Waals surface area contributed by atoms with E-state index in [0.29, 0.717) is 18.9 Å². The van der Waals surface area contributed by atoms with Gasteiger partial charge in [-0.15, -0.1) is 0 Å². The van der Waals surface area contributed by atoms with E-state index in [1.165, 1.54) is 33.5 Å². The van der Waals surface area contributed by atoms with Crippen LogP contribution in [0.4, 0.5) is 11.4 Å². The standard InChI is InChI=1S/C31H46N4O2/c1-19-24(21-9-7-10-23(33)13-21)17-29(34(3)4)27-14-22-15-28(30(18-36)35(5)6)31(37,11-8-12-32)20(2)26(22)16-25(19)27/h7,9-10,13,17,22,28,30,36-37H,8,11-12,14-16,18,32-33H2,1-6H3/t22-,28-,30+,31+/m0/s1. The molecular weight excluding hydrogens is 460 g/mol. The Morgan fingerprint density at radius 2 is 1.84 bits per heavy atom. The molecule has 2 aromatic rings. The number of aliphatic hydroxyl groups excluding tert-OH is 1. The Morgan fingerprint density at radius 3 is 2.43 bits per heavy atom. The van der Waals surface area contributed by atoms with E-state index in [4.69, 9.17) is 11.5 Å². The van der Waals surface area contributed by atoms with Gasteiger partial charge < -0.3 is 31.5 Å². The van der Waals surface area contributed by atoms with E-state index < -0.39 is 5.60 Å². The minimum Gasteiger partial charge on any atom is -0.399 e. The predicted octanol–water partition coefficient (Wildman–Crippen LogP) is 3.75. The largest absolute Gasteiger partial charge is 0.399 e. The summed E-state index contributed by atoms with van der Waals surface area (Å²) in [6.07, 6.45) is 4.03. The zero-order valence-corrected chi connectivity index (χ0v) is 23.5. The van der Waals surface area contributed by atoms with Crippen molar-refractivity contribution in [1.82, 2.24) is 4.90 Å². The molecule has 4 atom stereocenters. The van der Waals surface area contributed by atoms with E-state index in [9.17, 15) is 10.2 Å². The van der Waals surface area contributed by atoms with E-state index >= 15 is 0 Å². The van der Waals surface area contributed by atoms with Gasteiger partial charge in [0.15, 0.2) is 0 Å². The Balaban J connectivity index is 1.88. The molecule has 0 saturated heterocycles. The first-order chi connectivity index (χ1) is 17.5. The van der Waals surface area contributed by atoms with Crippen LogP contribution in [0.1, 0.15) is 42.9 Å². The van der Waals surface area contributed by atoms with Gasteiger partial charge in [-0.1, -0.05) is 17.7 Å². The Labute approximate surface area is 223 Å². The van der Waals surface area contributed by atoms with Gasteiger partial charge in [0.05, 0.1) is 12.2 Å². The van der Waals surface area contributed by atoms with Crippen LogP contribution < -0.4 is 16.4 Å². The van der Waals surface area contributed by atoms with E-state index in [2.05, 4.69) is 55.9 Å². The van der Waals surface area contributed by atoms with Crippen LogP contribution in [0.2, 0.25) is 0 Å². The summed E-state index contributed by atoms with van der Waals surface area (Å²) in [4.78, 5) is 4.30. The normalized spacial score (nSPS) is 24.2. The first-order valence-electron chi connectivity index (χ1n) is 13.6. The number of hydrogen-bond acceptors (Lipinski definition) is 6. The number of rotatable bonds is 8. The van der Waals surface area contributed by atoms with Crippen molar-refractivity contribution in [1.29, 1.82) is 0 Å². The summed E-state index contributed by atoms with van der Waals surface area (Å²) in [7, 11) is 8.24. The molecular formula is C31H46N4O2. The van der Waals surface area contributed by atoms with Gasteiger partial charge in [-0.3, -0.25) is 0 Å². The van der Waals surface area contributed by atoms with Crippen LogP contribution in [0.15, 0.2) is 41.5 Å². The van der Waals surface area contributed by atoms with Crippen LogP contribution in [0.3, 0.4) is 0 Å². The van der Waals surface area contributed by atoms with Gasteiger partial charge in [-0.2, -0.15) is 0 Å². The maximum Gasteiger partial charge on any atom is 0.0901 e. The molecule has 2 aliphatic carbocycles. The number of fused-ring (bicyclic) bond motifs is 2. The van der Waals surface area contributed by atoms with Crippen molar-refractivity contribution < 1.29 is 10.2 Å². The molecule has 0 amide bonds. The van der Waals surface area contributed by atoms with E-state index in [0.717, 1.165) is 42.5 Å². The Kier molecular flexibility index (Phi) is 8.05. The highest BCUT2D eigenvalue weighted by Gasteiger charge is 2.49. The molecule has 0 unspecified atom stereocenters. The molecule has 4 rings (SSSR count). The number of benzene rings is 2. The third kappa shape index (κ3) is 4.92. The Morgan fingerprint density at radius 1 is 1.11 bits per heavy atom. The molecule has 0 bridgehead atoms. The SMILES string of the molecule is CC1=C2Cc3c(C)c(-c4cccc(N)c4)cc(N(C)C)c3C[C@H]2C[C@@H]([C@@H](CO)N(C)C)[C@@]1(O)CCCN. The maximum absolute atomic E-state index is 12.3. The van der Waals surface area contributed by atoms with Crippen LogP contribution in [-0.4, -0.2) is 68.1 Å². The number of nitrogen functional groups attached to an aromatic ring is 1. The number of allylic oxidation sites excluding steroid dienone is 1. The fourth-order valence-corrected chi connectivity index (χ4v) is 7.04. The third-order valence-corrected chi connectivity index (χ3v) is 9.16. The molecule has 0 saturated carbocycles. The van der Waals surface area contributed by atoms with Crippen molar-refractivity contribution in [2.24, 2.45) is 17.6 Å². The number of nitrogens with two attached hydrogens (primary N) is 2. The van der Waals surface area contributed by atoms with Gasteiger partial charge in [0, 0.05) is 37.4 Å². The van der Waals surface area contributed by atoms with Crippen LogP contribution in [0, 0.1) is 18.8 Å². The fourth-order valence-electron chi connectivity index (χ4n) is 7.04. The highest BCUT2D eigenvalue weighted by Crippen LogP contribution is 2.51. The van der Waals surface area contributed by atoms with Gasteiger partial charge in [-0.25, -0.2) is 0 Å². The number of hydrogen-bond donors (Lipinski definition) is 4. The molecule has 2 aromatic carbocycles. The molecule has 0 fully saturated rings. The molecule has 0 heterocycles. The van der Waals surface area contributed by atoms with E-state index in [1.807, 2.05) is 26.2 Å². The van der Waals surface area contributed by atoms with Crippen molar-refractivity contribution in [2.75, 3.05) is 52.0 Å². The second-order valence-corrected chi connectivity index (χ2v) is 11.6. The second kappa shape index (κ2) is 10.8. The topological polar surface area (TPSA) is 99.0 Å². The van der Waals surface area contributed by atoms with Crippen LogP contribution >= 0.6 is 0 Å². The summed E-state index contributed by atoms with van der Waals surface area (Å²) < 4.78 is 0. The maximum atomic E-state index is 12.3. The molecule has 0 aliphatic heterocycles. The second-order valence-electron chi connectivity index (χ2n) is 11.6. The summed E-state index contributed by atoms with van der Waals surface area (Å²) in [5, 5.41) is 22.6. The molecule has 6 nitrogen and oxygen atoms in total. The van der Waals surface area contributed by atoms with Crippen molar-refractivity contribution in [3.05, 3.63) is 58.2 Å². The van der Waals surface area contributed by atoms with Gasteiger partial charge in [0.2, 0.25) is 0 Å². The average Bonchev–Trinajstić information content (AvgIpc) is 2.85. The Bertz CT molecular complexity index is 1170. The van der Waals surface area contributed by atoms with Gasteiger partial charge in [-0.05, 0) is 124 Å². The quantitative estimate of drug-likeness (QED) is 0.322. The number of anilines is 2. The molecule has 2 aliphatic rings. The van der Waals surface area contributed by atoms with Crippen LogP contribution in [0.5, 0.6) is 0 Å². The van der Waals surface area contributed by atoms with Crippen molar-refractivity contribution >= 4 is 11.4 Å². The minimum absolute atomic E-state index is 0.0279. The highest BCUT2D eigenvalue weighted by atomic mass is 16.3. The molecule has 6 heteroatoms. The van der Waals surface area contributed by atoms with Crippen molar-refractivity contribution in [2.45, 2.75) is 57.6 Å². The lowest BCUT2D eigenvalue weighted by atomic mass is 9.59. The number of aliphatic hydroxyl groups is 2. The van der Waals surface area contributed by atoms with Gasteiger partial charge >= 0.3 is 0 Å². The van der Waals surface area contributed by atoms with Crippen molar-refractivity contribution in [3.8, 4) is 11.1 Å². The lowest BCUT2D eigenvalue weighted by Gasteiger charge is -2.51. The van der Waals surface area contributed by atoms with Crippen molar-refractivity contribution in [3.63, 3.8) is 0 Å². The lowest BCUT2D eigenvalue weighted by molar-refractivity contribution is -0.0568. The zero-order valence-electron chi connectivity index (χ0n) is 23.5.